The third-order valence-electron chi connectivity index (χ3n) is 3.90. The Balaban J connectivity index is 1.94. The van der Waals surface area contributed by atoms with Gasteiger partial charge in [0.15, 0.2) is 10.8 Å². The van der Waals surface area contributed by atoms with Gasteiger partial charge in [0.05, 0.1) is 18.2 Å². The maximum absolute atomic E-state index is 13.5. The fourth-order valence-electron chi connectivity index (χ4n) is 2.70. The highest BCUT2D eigenvalue weighted by molar-refractivity contribution is 7.54. The van der Waals surface area contributed by atoms with E-state index in [1.165, 1.54) is 11.3 Å². The molecule has 1 aromatic heterocycles. The fourth-order valence-corrected chi connectivity index (χ4v) is 6.06. The summed E-state index contributed by atoms with van der Waals surface area (Å²) in [6.45, 7) is 4.06. The Morgan fingerprint density at radius 2 is 1.76 bits per heavy atom. The van der Waals surface area contributed by atoms with Crippen molar-refractivity contribution in [3.63, 3.8) is 0 Å². The fraction of sp³-hybridized carbons (Fsp3) is 0.263. The summed E-state index contributed by atoms with van der Waals surface area (Å²) in [5, 5.41) is 13.7. The molecule has 1 heterocycles. The zero-order valence-electron chi connectivity index (χ0n) is 15.8. The summed E-state index contributed by atoms with van der Waals surface area (Å²) >= 11 is 13.5. The Labute approximate surface area is 183 Å². The van der Waals surface area contributed by atoms with Gasteiger partial charge in [-0.25, -0.2) is 0 Å². The molecule has 0 unspecified atom stereocenters. The lowest BCUT2D eigenvalue weighted by Crippen LogP contribution is -2.15. The number of nitrogens with zero attached hydrogens (tertiary/aromatic N) is 2. The highest BCUT2D eigenvalue weighted by atomic mass is 35.5. The normalized spacial score (nSPS) is 12.7. The van der Waals surface area contributed by atoms with Crippen molar-refractivity contribution >= 4 is 47.3 Å². The maximum atomic E-state index is 13.5. The van der Waals surface area contributed by atoms with E-state index in [2.05, 4.69) is 15.5 Å². The van der Waals surface area contributed by atoms with Gasteiger partial charge in [-0.3, -0.25) is 4.57 Å². The molecule has 10 heteroatoms. The van der Waals surface area contributed by atoms with Crippen LogP contribution in [0.3, 0.4) is 0 Å². The van der Waals surface area contributed by atoms with Crippen molar-refractivity contribution in [1.82, 2.24) is 10.2 Å². The van der Waals surface area contributed by atoms with E-state index in [1.807, 2.05) is 30.3 Å². The quantitative estimate of drug-likeness (QED) is 0.342. The average Bonchev–Trinajstić information content (AvgIpc) is 3.15. The molecule has 0 saturated carbocycles. The highest BCUT2D eigenvalue weighted by Gasteiger charge is 2.37. The monoisotopic (exact) mass is 471 g/mol. The standard InChI is InChI=1S/C19H20Cl2N3O3PS/c1-3-26-28(25,27-4-2)17(13-8-6-5-7-9-13)22-19-24-23-18(29-19)15-11-10-14(20)12-16(15)21/h5-12,17H,3-4H2,1-2H3,(H,22,24)/t17-/m1/s1. The topological polar surface area (TPSA) is 73.3 Å². The molecule has 0 aliphatic heterocycles. The minimum Gasteiger partial charge on any atom is -0.342 e. The zero-order valence-corrected chi connectivity index (χ0v) is 19.1. The van der Waals surface area contributed by atoms with Crippen LogP contribution in [0.2, 0.25) is 10.0 Å². The van der Waals surface area contributed by atoms with Gasteiger partial charge in [0.2, 0.25) is 5.13 Å². The number of anilines is 1. The minimum atomic E-state index is -3.51. The number of hydrogen-bond acceptors (Lipinski definition) is 7. The Morgan fingerprint density at radius 1 is 1.07 bits per heavy atom. The lowest BCUT2D eigenvalue weighted by Gasteiger charge is -2.27. The molecule has 0 fully saturated rings. The summed E-state index contributed by atoms with van der Waals surface area (Å²) in [4.78, 5) is 0. The zero-order chi connectivity index (χ0) is 20.9. The van der Waals surface area contributed by atoms with Crippen molar-refractivity contribution in [3.05, 3.63) is 64.1 Å². The van der Waals surface area contributed by atoms with E-state index in [9.17, 15) is 4.57 Å². The Hall–Kier alpha value is -1.47. The molecular weight excluding hydrogens is 452 g/mol. The molecule has 0 saturated heterocycles. The van der Waals surface area contributed by atoms with Crippen LogP contribution in [0.15, 0.2) is 48.5 Å². The number of halogens is 2. The van der Waals surface area contributed by atoms with E-state index < -0.39 is 13.4 Å². The maximum Gasteiger partial charge on any atom is 0.357 e. The first-order chi connectivity index (χ1) is 14.0. The lowest BCUT2D eigenvalue weighted by atomic mass is 10.2. The van der Waals surface area contributed by atoms with Gasteiger partial charge in [-0.1, -0.05) is 64.9 Å². The van der Waals surface area contributed by atoms with Gasteiger partial charge in [-0.05, 0) is 37.6 Å². The van der Waals surface area contributed by atoms with Gasteiger partial charge in [0.25, 0.3) is 0 Å². The van der Waals surface area contributed by atoms with Crippen LogP contribution in [0.4, 0.5) is 5.13 Å². The molecule has 1 N–H and O–H groups in total. The molecule has 1 atom stereocenters. The first kappa shape index (κ1) is 22.2. The number of nitrogens with one attached hydrogen (secondary N) is 1. The molecular formula is C19H20Cl2N3O3PS. The van der Waals surface area contributed by atoms with Crippen LogP contribution < -0.4 is 5.32 Å². The average molecular weight is 472 g/mol. The van der Waals surface area contributed by atoms with E-state index in [-0.39, 0.29) is 13.2 Å². The van der Waals surface area contributed by atoms with Crippen molar-refractivity contribution in [2.45, 2.75) is 19.6 Å². The van der Waals surface area contributed by atoms with Gasteiger partial charge in [-0.15, -0.1) is 10.2 Å². The number of hydrogen-bond donors (Lipinski definition) is 1. The van der Waals surface area contributed by atoms with E-state index in [1.54, 1.807) is 32.0 Å². The first-order valence-electron chi connectivity index (χ1n) is 8.96. The molecule has 0 amide bonds. The second-order valence-corrected chi connectivity index (χ2v) is 9.80. The Morgan fingerprint density at radius 3 is 2.38 bits per heavy atom. The van der Waals surface area contributed by atoms with E-state index in [4.69, 9.17) is 32.2 Å². The third-order valence-corrected chi connectivity index (χ3v) is 7.63. The molecule has 0 aliphatic carbocycles. The molecule has 154 valence electrons. The predicted octanol–water partition coefficient (Wildman–Crippen LogP) is 6.89. The first-order valence-corrected chi connectivity index (χ1v) is 12.1. The van der Waals surface area contributed by atoms with E-state index in [0.717, 1.165) is 11.1 Å². The Bertz CT molecular complexity index is 993. The van der Waals surface area contributed by atoms with Crippen molar-refractivity contribution in [2.24, 2.45) is 0 Å². The van der Waals surface area contributed by atoms with Crippen molar-refractivity contribution in [2.75, 3.05) is 18.5 Å². The van der Waals surface area contributed by atoms with Gasteiger partial charge in [-0.2, -0.15) is 0 Å². The van der Waals surface area contributed by atoms with Crippen molar-refractivity contribution < 1.29 is 13.6 Å². The van der Waals surface area contributed by atoms with Crippen LogP contribution >= 0.6 is 42.1 Å². The number of aromatic nitrogens is 2. The Kier molecular flexibility index (Phi) is 7.68. The molecule has 3 aromatic rings. The summed E-state index contributed by atoms with van der Waals surface area (Å²) in [7, 11) is -3.51. The van der Waals surface area contributed by atoms with Crippen LogP contribution in [0.1, 0.15) is 25.2 Å². The molecule has 0 radical (unpaired) electrons. The number of benzene rings is 2. The molecule has 0 spiro atoms. The van der Waals surface area contributed by atoms with E-state index >= 15 is 0 Å². The minimum absolute atomic E-state index is 0.254. The summed E-state index contributed by atoms with van der Waals surface area (Å²) in [6, 6.07) is 14.5. The van der Waals surface area contributed by atoms with Crippen LogP contribution in [-0.2, 0) is 13.6 Å². The van der Waals surface area contributed by atoms with E-state index in [0.29, 0.717) is 20.2 Å². The van der Waals surface area contributed by atoms with Gasteiger partial charge in [0, 0.05) is 10.6 Å². The van der Waals surface area contributed by atoms with Gasteiger partial charge >= 0.3 is 7.60 Å². The molecule has 2 aromatic carbocycles. The van der Waals surface area contributed by atoms with Gasteiger partial charge < -0.3 is 14.4 Å². The lowest BCUT2D eigenvalue weighted by molar-refractivity contribution is 0.214. The predicted molar refractivity (Wildman–Crippen MR) is 119 cm³/mol. The second kappa shape index (κ2) is 10.0. The van der Waals surface area contributed by atoms with Crippen molar-refractivity contribution in [3.8, 4) is 10.6 Å². The summed E-state index contributed by atoms with van der Waals surface area (Å²) < 4.78 is 24.6. The smallest absolute Gasteiger partial charge is 0.342 e. The molecule has 0 bridgehead atoms. The van der Waals surface area contributed by atoms with Crippen LogP contribution in [-0.4, -0.2) is 23.4 Å². The second-order valence-electron chi connectivity index (χ2n) is 5.87. The van der Waals surface area contributed by atoms with Crippen LogP contribution in [0.5, 0.6) is 0 Å². The van der Waals surface area contributed by atoms with Crippen LogP contribution in [0, 0.1) is 0 Å². The van der Waals surface area contributed by atoms with Crippen LogP contribution in [0.25, 0.3) is 10.6 Å². The molecule has 3 rings (SSSR count). The molecule has 29 heavy (non-hydrogen) atoms. The molecule has 0 aliphatic rings. The highest BCUT2D eigenvalue weighted by Crippen LogP contribution is 2.60. The molecule has 6 nitrogen and oxygen atoms in total. The third kappa shape index (κ3) is 5.37. The van der Waals surface area contributed by atoms with Crippen molar-refractivity contribution in [1.29, 1.82) is 0 Å². The summed E-state index contributed by atoms with van der Waals surface area (Å²) in [6.07, 6.45) is 0. The summed E-state index contributed by atoms with van der Waals surface area (Å²) in [5.41, 5.74) is 1.48. The largest absolute Gasteiger partial charge is 0.357 e. The summed E-state index contributed by atoms with van der Waals surface area (Å²) in [5.74, 6) is -0.731. The SMILES string of the molecule is CCOP(=O)(OCC)[C@@H](Nc1nnc(-c2ccc(Cl)cc2Cl)s1)c1ccccc1. The van der Waals surface area contributed by atoms with Gasteiger partial charge in [0.1, 0.15) is 0 Å². The number of rotatable bonds is 9.